The van der Waals surface area contributed by atoms with Gasteiger partial charge in [0.1, 0.15) is 11.3 Å². The number of rotatable bonds is 4. The lowest BCUT2D eigenvalue weighted by molar-refractivity contribution is 0.0235. The molecule has 3 aromatic rings. The summed E-state index contributed by atoms with van der Waals surface area (Å²) in [4.78, 5) is 12.8. The van der Waals surface area contributed by atoms with Gasteiger partial charge in [0.25, 0.3) is 5.91 Å². The van der Waals surface area contributed by atoms with Crippen LogP contribution in [0.2, 0.25) is 0 Å². The highest BCUT2D eigenvalue weighted by Crippen LogP contribution is 2.38. The van der Waals surface area contributed by atoms with Gasteiger partial charge in [0, 0.05) is 29.8 Å². The number of nitrogens with zero attached hydrogens (tertiary/aromatic N) is 2. The van der Waals surface area contributed by atoms with E-state index in [1.807, 2.05) is 38.4 Å². The number of benzene rings is 1. The third kappa shape index (κ3) is 3.05. The summed E-state index contributed by atoms with van der Waals surface area (Å²) in [5.74, 6) is 0.920. The Morgan fingerprint density at radius 1 is 1.40 bits per heavy atom. The average Bonchev–Trinajstić information content (AvgIpc) is 3.13. The van der Waals surface area contributed by atoms with Gasteiger partial charge in [-0.05, 0) is 49.9 Å². The Morgan fingerprint density at radius 2 is 2.20 bits per heavy atom. The Balaban J connectivity index is 1.58. The highest BCUT2D eigenvalue weighted by atomic mass is 16.3. The molecule has 0 bridgehead atoms. The molecule has 6 nitrogen and oxygen atoms in total. The maximum Gasteiger partial charge on any atom is 0.251 e. The Hall–Kier alpha value is -2.60. The fourth-order valence-corrected chi connectivity index (χ4v) is 3.52. The molecule has 1 atom stereocenters. The molecule has 1 amide bonds. The number of hydrogen-bond donors (Lipinski definition) is 2. The molecule has 2 aromatic heterocycles. The number of hydrogen-bond acceptors (Lipinski definition) is 4. The van der Waals surface area contributed by atoms with Crippen LogP contribution >= 0.6 is 0 Å². The Kier molecular flexibility index (Phi) is 3.84. The van der Waals surface area contributed by atoms with E-state index in [1.165, 1.54) is 0 Å². The monoisotopic (exact) mass is 339 g/mol. The maximum absolute atomic E-state index is 12.8. The first-order chi connectivity index (χ1) is 12.0. The minimum atomic E-state index is -0.272. The Bertz CT molecular complexity index is 921. The molecule has 130 valence electrons. The normalized spacial score (nSPS) is 21.1. The number of nitrogens with one attached hydrogen (secondary N) is 1. The van der Waals surface area contributed by atoms with Crippen molar-refractivity contribution in [3.63, 3.8) is 0 Å². The minimum absolute atomic E-state index is 0.129. The van der Waals surface area contributed by atoms with E-state index < -0.39 is 0 Å². The average molecular weight is 339 g/mol. The molecule has 2 heterocycles. The first kappa shape index (κ1) is 15.9. The number of fused-ring (bicyclic) bond motifs is 1. The Labute approximate surface area is 145 Å². The van der Waals surface area contributed by atoms with Crippen molar-refractivity contribution in [2.45, 2.75) is 31.9 Å². The molecule has 1 fully saturated rings. The van der Waals surface area contributed by atoms with Crippen LogP contribution in [0.15, 0.2) is 41.1 Å². The summed E-state index contributed by atoms with van der Waals surface area (Å²) in [7, 11) is 1.85. The molecule has 4 rings (SSSR count). The second-order valence-electron chi connectivity index (χ2n) is 6.89. The molecule has 0 radical (unpaired) electrons. The summed E-state index contributed by atoms with van der Waals surface area (Å²) in [5.41, 5.74) is 2.34. The van der Waals surface area contributed by atoms with E-state index >= 15 is 0 Å². The van der Waals surface area contributed by atoms with Crippen molar-refractivity contribution in [1.29, 1.82) is 0 Å². The molecule has 0 aliphatic heterocycles. The number of aliphatic hydroxyl groups is 1. The van der Waals surface area contributed by atoms with E-state index in [4.69, 9.17) is 4.42 Å². The summed E-state index contributed by atoms with van der Waals surface area (Å²) in [6.45, 7) is 1.89. The first-order valence-corrected chi connectivity index (χ1v) is 8.47. The Morgan fingerprint density at radius 3 is 2.88 bits per heavy atom. The summed E-state index contributed by atoms with van der Waals surface area (Å²) in [6.07, 6.45) is 4.81. The number of amides is 1. The number of aryl methyl sites for hydroxylation is 2. The van der Waals surface area contributed by atoms with Crippen LogP contribution in [-0.2, 0) is 7.05 Å². The lowest BCUT2D eigenvalue weighted by atomic mass is 9.75. The van der Waals surface area contributed by atoms with Crippen molar-refractivity contribution < 1.29 is 14.3 Å². The van der Waals surface area contributed by atoms with Gasteiger partial charge in [0.15, 0.2) is 0 Å². The van der Waals surface area contributed by atoms with Crippen LogP contribution < -0.4 is 5.32 Å². The van der Waals surface area contributed by atoms with Crippen LogP contribution in [0.25, 0.3) is 11.0 Å². The van der Waals surface area contributed by atoms with Gasteiger partial charge in [0.2, 0.25) is 0 Å². The molecule has 1 aliphatic rings. The molecular formula is C19H21N3O3. The molecular weight excluding hydrogens is 318 g/mol. The zero-order valence-electron chi connectivity index (χ0n) is 14.3. The van der Waals surface area contributed by atoms with Crippen LogP contribution in [0, 0.1) is 12.8 Å². The molecule has 1 aromatic carbocycles. The quantitative estimate of drug-likeness (QED) is 0.766. The smallest absolute Gasteiger partial charge is 0.251 e. The van der Waals surface area contributed by atoms with Crippen molar-refractivity contribution in [1.82, 2.24) is 15.1 Å². The third-order valence-electron chi connectivity index (χ3n) is 4.89. The van der Waals surface area contributed by atoms with Gasteiger partial charge < -0.3 is 14.8 Å². The summed E-state index contributed by atoms with van der Waals surface area (Å²) in [6, 6.07) is 7.22. The van der Waals surface area contributed by atoms with Crippen molar-refractivity contribution in [2.75, 3.05) is 0 Å². The highest BCUT2D eigenvalue weighted by Gasteiger charge is 2.36. The SMILES string of the molecule is Cc1cc2cc(C(=O)NC(c3cnn(C)c3)C3CC(O)C3)ccc2o1. The van der Waals surface area contributed by atoms with Crippen molar-refractivity contribution in [2.24, 2.45) is 13.0 Å². The first-order valence-electron chi connectivity index (χ1n) is 8.47. The molecule has 0 saturated heterocycles. The lowest BCUT2D eigenvalue weighted by Crippen LogP contribution is -2.41. The topological polar surface area (TPSA) is 80.3 Å². The number of carbonyl (C=O) groups excluding carboxylic acids is 1. The van der Waals surface area contributed by atoms with Crippen molar-refractivity contribution in [3.8, 4) is 0 Å². The summed E-state index contributed by atoms with van der Waals surface area (Å²) >= 11 is 0. The third-order valence-corrected chi connectivity index (χ3v) is 4.89. The lowest BCUT2D eigenvalue weighted by Gasteiger charge is -2.37. The number of furan rings is 1. The zero-order chi connectivity index (χ0) is 17.6. The van der Waals surface area contributed by atoms with Crippen LogP contribution in [0.4, 0.5) is 0 Å². The maximum atomic E-state index is 12.8. The molecule has 1 unspecified atom stereocenters. The van der Waals surface area contributed by atoms with Crippen molar-refractivity contribution in [3.05, 3.63) is 53.5 Å². The van der Waals surface area contributed by atoms with Crippen LogP contribution in [0.1, 0.15) is 40.6 Å². The number of aromatic nitrogens is 2. The van der Waals surface area contributed by atoms with E-state index in [0.717, 1.165) is 22.3 Å². The molecule has 25 heavy (non-hydrogen) atoms. The van der Waals surface area contributed by atoms with E-state index in [9.17, 15) is 9.90 Å². The van der Waals surface area contributed by atoms with Crippen molar-refractivity contribution >= 4 is 16.9 Å². The van der Waals surface area contributed by atoms with E-state index in [1.54, 1.807) is 16.9 Å². The van der Waals surface area contributed by atoms with Gasteiger partial charge in [-0.25, -0.2) is 0 Å². The van der Waals surface area contributed by atoms with E-state index in [0.29, 0.717) is 18.4 Å². The predicted octanol–water partition coefficient (Wildman–Crippen LogP) is 2.72. The molecule has 1 aliphatic carbocycles. The van der Waals surface area contributed by atoms with Crippen LogP contribution in [0.5, 0.6) is 0 Å². The van der Waals surface area contributed by atoms with Gasteiger partial charge in [-0.15, -0.1) is 0 Å². The number of aliphatic hydroxyl groups excluding tert-OH is 1. The van der Waals surface area contributed by atoms with Gasteiger partial charge in [-0.2, -0.15) is 5.10 Å². The van der Waals surface area contributed by atoms with Gasteiger partial charge in [-0.1, -0.05) is 0 Å². The molecule has 2 N–H and O–H groups in total. The van der Waals surface area contributed by atoms with Crippen LogP contribution in [-0.4, -0.2) is 26.9 Å². The molecule has 1 saturated carbocycles. The predicted molar refractivity (Wildman–Crippen MR) is 93.1 cm³/mol. The van der Waals surface area contributed by atoms with E-state index in [2.05, 4.69) is 10.4 Å². The van der Waals surface area contributed by atoms with Gasteiger partial charge >= 0.3 is 0 Å². The molecule has 6 heteroatoms. The highest BCUT2D eigenvalue weighted by molar-refractivity contribution is 5.98. The van der Waals surface area contributed by atoms with Crippen LogP contribution in [0.3, 0.4) is 0 Å². The van der Waals surface area contributed by atoms with Gasteiger partial charge in [-0.3, -0.25) is 9.48 Å². The number of carbonyl (C=O) groups is 1. The summed E-state index contributed by atoms with van der Waals surface area (Å²) < 4.78 is 7.29. The zero-order valence-corrected chi connectivity index (χ0v) is 14.3. The molecule has 0 spiro atoms. The van der Waals surface area contributed by atoms with E-state index in [-0.39, 0.29) is 24.0 Å². The summed E-state index contributed by atoms with van der Waals surface area (Å²) in [5, 5.41) is 17.9. The van der Waals surface area contributed by atoms with Gasteiger partial charge in [0.05, 0.1) is 18.3 Å². The largest absolute Gasteiger partial charge is 0.461 e. The fraction of sp³-hybridized carbons (Fsp3) is 0.368. The second kappa shape index (κ2) is 6.04. The second-order valence-corrected chi connectivity index (χ2v) is 6.89. The standard InChI is InChI=1S/C19H21N3O3/c1-11-5-13-6-12(3-4-17(13)25-11)19(24)21-18(14-7-16(23)8-14)15-9-20-22(2)10-15/h3-6,9-10,14,16,18,23H,7-8H2,1-2H3,(H,21,24). The minimum Gasteiger partial charge on any atom is -0.461 e. The fourth-order valence-electron chi connectivity index (χ4n) is 3.52.